The smallest absolute Gasteiger partial charge is 0.161 e. The highest BCUT2D eigenvalue weighted by Gasteiger charge is 2.20. The summed E-state index contributed by atoms with van der Waals surface area (Å²) in [7, 11) is 10.9. The van der Waals surface area contributed by atoms with Crippen LogP contribution in [0.4, 0.5) is 0 Å². The lowest BCUT2D eigenvalue weighted by atomic mass is 9.94. The number of hydrogen-bond acceptors (Lipinski definition) is 5. The van der Waals surface area contributed by atoms with Crippen molar-refractivity contribution in [3.63, 3.8) is 0 Å². The van der Waals surface area contributed by atoms with E-state index >= 15 is 0 Å². The number of aryl methyl sites for hydroxylation is 1. The summed E-state index contributed by atoms with van der Waals surface area (Å²) in [6.45, 7) is 1.08. The van der Waals surface area contributed by atoms with Crippen molar-refractivity contribution in [2.24, 2.45) is 0 Å². The molecule has 3 aromatic carbocycles. The van der Waals surface area contributed by atoms with E-state index in [4.69, 9.17) is 18.9 Å². The number of aromatic nitrogens is 1. The molecule has 0 atom stereocenters. The Balaban J connectivity index is 1.73. The SMILES string of the molecule is COc1ccc(-c2c(-c3ccc(CCCN(C)C)cc3)cn3ccc4cc(OC)c(OC)cc4c23)cc1OC. The molecule has 0 unspecified atom stereocenters. The Labute approximate surface area is 230 Å². The molecule has 6 nitrogen and oxygen atoms in total. The van der Waals surface area contributed by atoms with Crippen molar-refractivity contribution in [3.05, 3.63) is 78.6 Å². The van der Waals surface area contributed by atoms with Crippen molar-refractivity contribution in [2.75, 3.05) is 49.1 Å². The van der Waals surface area contributed by atoms with Crippen LogP contribution in [0.3, 0.4) is 0 Å². The van der Waals surface area contributed by atoms with Crippen molar-refractivity contribution in [2.45, 2.75) is 12.8 Å². The molecule has 2 aromatic heterocycles. The highest BCUT2D eigenvalue weighted by molar-refractivity contribution is 6.09. The van der Waals surface area contributed by atoms with Crippen LogP contribution in [0.15, 0.2) is 73.1 Å². The molecular weight excluding hydrogens is 488 g/mol. The fourth-order valence-electron chi connectivity index (χ4n) is 5.27. The van der Waals surface area contributed by atoms with Crippen LogP contribution in [0, 0.1) is 0 Å². The number of pyridine rings is 1. The highest BCUT2D eigenvalue weighted by atomic mass is 16.5. The van der Waals surface area contributed by atoms with Gasteiger partial charge in [0, 0.05) is 28.9 Å². The maximum atomic E-state index is 5.69. The van der Waals surface area contributed by atoms with Gasteiger partial charge in [0.1, 0.15) is 0 Å². The topological polar surface area (TPSA) is 44.6 Å². The van der Waals surface area contributed by atoms with E-state index in [2.05, 4.69) is 78.3 Å². The maximum absolute atomic E-state index is 5.69. The van der Waals surface area contributed by atoms with E-state index in [1.807, 2.05) is 18.2 Å². The van der Waals surface area contributed by atoms with E-state index in [0.29, 0.717) is 23.0 Å². The van der Waals surface area contributed by atoms with Crippen LogP contribution in [0.5, 0.6) is 23.0 Å². The summed E-state index contributed by atoms with van der Waals surface area (Å²) in [4.78, 5) is 2.23. The summed E-state index contributed by atoms with van der Waals surface area (Å²) in [5.41, 5.74) is 6.90. The number of nitrogens with zero attached hydrogens (tertiary/aromatic N) is 2. The molecule has 0 bridgehead atoms. The lowest BCUT2D eigenvalue weighted by Crippen LogP contribution is -2.13. The first-order valence-corrected chi connectivity index (χ1v) is 13.1. The van der Waals surface area contributed by atoms with Gasteiger partial charge in [-0.05, 0) is 85.9 Å². The van der Waals surface area contributed by atoms with Gasteiger partial charge in [0.05, 0.1) is 34.0 Å². The Morgan fingerprint density at radius 3 is 2.00 bits per heavy atom. The second kappa shape index (κ2) is 11.3. The van der Waals surface area contributed by atoms with Gasteiger partial charge in [0.2, 0.25) is 0 Å². The van der Waals surface area contributed by atoms with E-state index in [0.717, 1.165) is 57.9 Å². The zero-order chi connectivity index (χ0) is 27.5. The summed E-state index contributed by atoms with van der Waals surface area (Å²) >= 11 is 0. The Morgan fingerprint density at radius 1 is 0.692 bits per heavy atom. The van der Waals surface area contributed by atoms with E-state index in [1.165, 1.54) is 5.56 Å². The Kier molecular flexibility index (Phi) is 7.66. The number of benzene rings is 3. The largest absolute Gasteiger partial charge is 0.493 e. The monoisotopic (exact) mass is 524 g/mol. The molecule has 0 amide bonds. The van der Waals surface area contributed by atoms with Crippen LogP contribution >= 0.6 is 0 Å². The summed E-state index contributed by atoms with van der Waals surface area (Å²) in [5.74, 6) is 2.79. The summed E-state index contributed by atoms with van der Waals surface area (Å²) < 4.78 is 24.7. The van der Waals surface area contributed by atoms with Crippen molar-refractivity contribution in [1.82, 2.24) is 9.30 Å². The van der Waals surface area contributed by atoms with Gasteiger partial charge in [0.15, 0.2) is 23.0 Å². The van der Waals surface area contributed by atoms with Crippen LogP contribution in [-0.4, -0.2) is 58.4 Å². The minimum atomic E-state index is 0.691. The number of hydrogen-bond donors (Lipinski definition) is 0. The van der Waals surface area contributed by atoms with Gasteiger partial charge in [-0.1, -0.05) is 30.3 Å². The number of rotatable bonds is 10. The molecule has 0 saturated carbocycles. The molecular formula is C33H36N2O4. The molecule has 0 saturated heterocycles. The van der Waals surface area contributed by atoms with Gasteiger partial charge in [-0.2, -0.15) is 0 Å². The first kappa shape index (κ1) is 26.4. The molecule has 2 heterocycles. The van der Waals surface area contributed by atoms with Crippen LogP contribution in [0.2, 0.25) is 0 Å². The molecule has 5 aromatic rings. The normalized spacial score (nSPS) is 11.4. The molecule has 0 spiro atoms. The molecule has 0 fully saturated rings. The van der Waals surface area contributed by atoms with E-state index in [-0.39, 0.29) is 0 Å². The van der Waals surface area contributed by atoms with E-state index in [9.17, 15) is 0 Å². The second-order valence-electron chi connectivity index (χ2n) is 9.96. The molecule has 0 N–H and O–H groups in total. The minimum absolute atomic E-state index is 0.691. The van der Waals surface area contributed by atoms with Crippen molar-refractivity contribution >= 4 is 16.3 Å². The van der Waals surface area contributed by atoms with Crippen molar-refractivity contribution in [3.8, 4) is 45.3 Å². The fourth-order valence-corrected chi connectivity index (χ4v) is 5.27. The third-order valence-corrected chi connectivity index (χ3v) is 7.27. The highest BCUT2D eigenvalue weighted by Crippen LogP contribution is 2.44. The Morgan fingerprint density at radius 2 is 1.33 bits per heavy atom. The molecule has 39 heavy (non-hydrogen) atoms. The molecule has 0 aliphatic rings. The van der Waals surface area contributed by atoms with Crippen LogP contribution < -0.4 is 18.9 Å². The summed E-state index contributed by atoms with van der Waals surface area (Å²) in [6, 6.07) is 21.3. The molecule has 5 rings (SSSR count). The molecule has 0 aliphatic heterocycles. The average Bonchev–Trinajstić information content (AvgIpc) is 3.36. The van der Waals surface area contributed by atoms with Crippen LogP contribution in [-0.2, 0) is 6.42 Å². The standard InChI is InChI=1S/C33H36N2O4/c1-34(2)16-7-8-22-9-11-23(12-10-22)27-21-35-17-15-24-18-30(38-5)31(39-6)20-26(24)33(35)32(27)25-13-14-28(36-3)29(19-25)37-4/h9-15,17-21H,7-8,16H2,1-6H3. The van der Waals surface area contributed by atoms with Gasteiger partial charge in [-0.3, -0.25) is 0 Å². The van der Waals surface area contributed by atoms with E-state index in [1.54, 1.807) is 28.4 Å². The van der Waals surface area contributed by atoms with Gasteiger partial charge < -0.3 is 28.2 Å². The quantitative estimate of drug-likeness (QED) is 0.198. The first-order valence-electron chi connectivity index (χ1n) is 13.1. The van der Waals surface area contributed by atoms with E-state index < -0.39 is 0 Å². The second-order valence-corrected chi connectivity index (χ2v) is 9.96. The predicted octanol–water partition coefficient (Wildman–Crippen LogP) is 6.96. The average molecular weight is 525 g/mol. The van der Waals surface area contributed by atoms with Gasteiger partial charge in [-0.25, -0.2) is 0 Å². The van der Waals surface area contributed by atoms with Crippen molar-refractivity contribution < 1.29 is 18.9 Å². The Bertz CT molecular complexity index is 1600. The molecule has 6 heteroatoms. The summed E-state index contributed by atoms with van der Waals surface area (Å²) in [6.07, 6.45) is 6.51. The summed E-state index contributed by atoms with van der Waals surface area (Å²) in [5, 5.41) is 2.15. The predicted molar refractivity (Wildman–Crippen MR) is 159 cm³/mol. The van der Waals surface area contributed by atoms with Gasteiger partial charge in [-0.15, -0.1) is 0 Å². The third kappa shape index (κ3) is 5.12. The van der Waals surface area contributed by atoms with Crippen molar-refractivity contribution in [1.29, 1.82) is 0 Å². The number of fused-ring (bicyclic) bond motifs is 3. The van der Waals surface area contributed by atoms with Gasteiger partial charge in [0.25, 0.3) is 0 Å². The first-order chi connectivity index (χ1) is 19.0. The number of ether oxygens (including phenoxy) is 4. The lowest BCUT2D eigenvalue weighted by molar-refractivity contribution is 0.355. The fraction of sp³-hybridized carbons (Fsp3) is 0.273. The third-order valence-electron chi connectivity index (χ3n) is 7.27. The Hall–Kier alpha value is -4.16. The van der Waals surface area contributed by atoms with Gasteiger partial charge >= 0.3 is 0 Å². The molecule has 202 valence electrons. The molecule has 0 aliphatic carbocycles. The maximum Gasteiger partial charge on any atom is 0.161 e. The van der Waals surface area contributed by atoms with Crippen LogP contribution in [0.1, 0.15) is 12.0 Å². The molecule has 0 radical (unpaired) electrons. The van der Waals surface area contributed by atoms with Crippen LogP contribution in [0.25, 0.3) is 38.5 Å². The zero-order valence-corrected chi connectivity index (χ0v) is 23.6. The number of methoxy groups -OCH3 is 4. The minimum Gasteiger partial charge on any atom is -0.493 e. The lowest BCUT2D eigenvalue weighted by Gasteiger charge is -2.14. The zero-order valence-electron chi connectivity index (χ0n) is 23.6.